The van der Waals surface area contributed by atoms with Gasteiger partial charge in [-0.2, -0.15) is 0 Å². The third kappa shape index (κ3) is 3.62. The summed E-state index contributed by atoms with van der Waals surface area (Å²) in [6, 6.07) is -0.361. The number of carboxylic acid groups (broad SMARTS) is 1. The summed E-state index contributed by atoms with van der Waals surface area (Å²) in [7, 11) is 0. The topological polar surface area (TPSA) is 81.7 Å². The minimum absolute atomic E-state index is 0.361. The third-order valence-electron chi connectivity index (χ3n) is 4.35. The van der Waals surface area contributed by atoms with Gasteiger partial charge in [0.05, 0.1) is 0 Å². The van der Waals surface area contributed by atoms with Gasteiger partial charge in [0, 0.05) is 13.1 Å². The Bertz CT molecular complexity index is 363. The Morgan fingerprint density at radius 3 is 2.40 bits per heavy atom. The highest BCUT2D eigenvalue weighted by Gasteiger charge is 2.45. The standard InChI is InChI=1S/C14H25N3O3/c1-11(10-17-7-2-3-8-17)9-15-13(20)16-14(12(18)19)5-4-6-14/h11H,2-10H2,1H3,(H,18,19)(H2,15,16,20). The Labute approximate surface area is 119 Å². The molecule has 1 saturated heterocycles. The summed E-state index contributed by atoms with van der Waals surface area (Å²) >= 11 is 0. The predicted molar refractivity (Wildman–Crippen MR) is 75.6 cm³/mol. The van der Waals surface area contributed by atoms with E-state index in [2.05, 4.69) is 22.5 Å². The zero-order valence-corrected chi connectivity index (χ0v) is 12.2. The van der Waals surface area contributed by atoms with Crippen LogP contribution in [0.2, 0.25) is 0 Å². The van der Waals surface area contributed by atoms with Crippen LogP contribution >= 0.6 is 0 Å². The first-order chi connectivity index (χ1) is 9.52. The minimum Gasteiger partial charge on any atom is -0.480 e. The first kappa shape index (κ1) is 15.1. The molecule has 1 saturated carbocycles. The van der Waals surface area contributed by atoms with E-state index in [0.717, 1.165) is 26.1 Å². The van der Waals surface area contributed by atoms with Crippen LogP contribution in [-0.4, -0.2) is 53.7 Å². The molecule has 2 aliphatic rings. The Balaban J connectivity index is 1.67. The second kappa shape index (κ2) is 6.43. The van der Waals surface area contributed by atoms with Crippen molar-refractivity contribution >= 4 is 12.0 Å². The van der Waals surface area contributed by atoms with Crippen LogP contribution in [0.1, 0.15) is 39.0 Å². The van der Waals surface area contributed by atoms with Gasteiger partial charge in [-0.25, -0.2) is 9.59 Å². The van der Waals surface area contributed by atoms with Gasteiger partial charge in [-0.3, -0.25) is 0 Å². The van der Waals surface area contributed by atoms with Crippen molar-refractivity contribution in [3.8, 4) is 0 Å². The monoisotopic (exact) mass is 283 g/mol. The second-order valence-corrected chi connectivity index (χ2v) is 6.19. The molecule has 0 radical (unpaired) electrons. The molecule has 1 unspecified atom stereocenters. The van der Waals surface area contributed by atoms with Gasteiger partial charge in [0.2, 0.25) is 0 Å². The van der Waals surface area contributed by atoms with Crippen LogP contribution in [0.3, 0.4) is 0 Å². The van der Waals surface area contributed by atoms with E-state index in [1.807, 2.05) is 0 Å². The highest BCUT2D eigenvalue weighted by molar-refractivity contribution is 5.87. The van der Waals surface area contributed by atoms with Crippen molar-refractivity contribution in [1.82, 2.24) is 15.5 Å². The molecule has 0 aromatic heterocycles. The van der Waals surface area contributed by atoms with Crippen LogP contribution in [0.25, 0.3) is 0 Å². The average molecular weight is 283 g/mol. The van der Waals surface area contributed by atoms with E-state index in [1.54, 1.807) is 0 Å². The SMILES string of the molecule is CC(CNC(=O)NC1(C(=O)O)CCC1)CN1CCCC1. The van der Waals surface area contributed by atoms with E-state index in [-0.39, 0.29) is 6.03 Å². The van der Waals surface area contributed by atoms with Gasteiger partial charge < -0.3 is 20.6 Å². The quantitative estimate of drug-likeness (QED) is 0.680. The number of carbonyl (C=O) groups is 2. The maximum Gasteiger partial charge on any atom is 0.329 e. The molecule has 0 aromatic carbocycles. The van der Waals surface area contributed by atoms with E-state index in [4.69, 9.17) is 5.11 Å². The molecule has 0 aromatic rings. The lowest BCUT2D eigenvalue weighted by Gasteiger charge is -2.38. The molecule has 2 rings (SSSR count). The van der Waals surface area contributed by atoms with E-state index in [1.165, 1.54) is 12.8 Å². The highest BCUT2D eigenvalue weighted by Crippen LogP contribution is 2.31. The van der Waals surface area contributed by atoms with Gasteiger partial charge in [-0.05, 0) is 51.1 Å². The number of hydrogen-bond donors (Lipinski definition) is 3. The van der Waals surface area contributed by atoms with E-state index >= 15 is 0 Å². The zero-order valence-electron chi connectivity index (χ0n) is 12.2. The Hall–Kier alpha value is -1.30. The van der Waals surface area contributed by atoms with Crippen molar-refractivity contribution in [2.24, 2.45) is 5.92 Å². The summed E-state index contributed by atoms with van der Waals surface area (Å²) in [6.07, 6.45) is 4.44. The van der Waals surface area contributed by atoms with Crippen LogP contribution < -0.4 is 10.6 Å². The lowest BCUT2D eigenvalue weighted by Crippen LogP contribution is -2.61. The molecular weight excluding hydrogens is 258 g/mol. The van der Waals surface area contributed by atoms with Gasteiger partial charge in [-0.15, -0.1) is 0 Å². The van der Waals surface area contributed by atoms with Gasteiger partial charge in [-0.1, -0.05) is 6.92 Å². The molecule has 2 fully saturated rings. The van der Waals surface area contributed by atoms with Crippen molar-refractivity contribution in [1.29, 1.82) is 0 Å². The summed E-state index contributed by atoms with van der Waals surface area (Å²) in [5.41, 5.74) is -1.03. The first-order valence-electron chi connectivity index (χ1n) is 7.54. The number of carboxylic acids is 1. The van der Waals surface area contributed by atoms with Crippen LogP contribution in [0.5, 0.6) is 0 Å². The molecule has 6 nitrogen and oxygen atoms in total. The Morgan fingerprint density at radius 2 is 1.90 bits per heavy atom. The molecule has 0 bridgehead atoms. The summed E-state index contributed by atoms with van der Waals surface area (Å²) in [6.45, 7) is 5.98. The molecule has 2 amide bonds. The van der Waals surface area contributed by atoms with Crippen LogP contribution in [0.4, 0.5) is 4.79 Å². The fraction of sp³-hybridized carbons (Fsp3) is 0.857. The van der Waals surface area contributed by atoms with Crippen molar-refractivity contribution in [3.63, 3.8) is 0 Å². The fourth-order valence-corrected chi connectivity index (χ4v) is 2.92. The van der Waals surface area contributed by atoms with Gasteiger partial charge in [0.1, 0.15) is 5.54 Å². The second-order valence-electron chi connectivity index (χ2n) is 6.19. The fourth-order valence-electron chi connectivity index (χ4n) is 2.92. The van der Waals surface area contributed by atoms with Crippen molar-refractivity contribution in [2.45, 2.75) is 44.6 Å². The smallest absolute Gasteiger partial charge is 0.329 e. The molecule has 1 atom stereocenters. The van der Waals surface area contributed by atoms with Gasteiger partial charge in [0.25, 0.3) is 0 Å². The van der Waals surface area contributed by atoms with Crippen LogP contribution in [0, 0.1) is 5.92 Å². The molecule has 1 aliphatic carbocycles. The number of amides is 2. The van der Waals surface area contributed by atoms with E-state index in [9.17, 15) is 9.59 Å². The average Bonchev–Trinajstić information content (AvgIpc) is 2.83. The van der Waals surface area contributed by atoms with Gasteiger partial charge in [0.15, 0.2) is 0 Å². The molecule has 3 N–H and O–H groups in total. The Morgan fingerprint density at radius 1 is 1.25 bits per heavy atom. The normalized spacial score (nSPS) is 22.9. The van der Waals surface area contributed by atoms with Crippen molar-refractivity contribution in [2.75, 3.05) is 26.2 Å². The molecule has 1 heterocycles. The van der Waals surface area contributed by atoms with E-state index in [0.29, 0.717) is 25.3 Å². The number of urea groups is 1. The Kier molecular flexibility index (Phi) is 4.86. The summed E-state index contributed by atoms with van der Waals surface area (Å²) < 4.78 is 0. The summed E-state index contributed by atoms with van der Waals surface area (Å²) in [5, 5.41) is 14.6. The lowest BCUT2D eigenvalue weighted by atomic mass is 9.77. The minimum atomic E-state index is -1.03. The first-order valence-corrected chi connectivity index (χ1v) is 7.54. The number of nitrogens with zero attached hydrogens (tertiary/aromatic N) is 1. The molecular formula is C14H25N3O3. The number of likely N-dealkylation sites (tertiary alicyclic amines) is 1. The van der Waals surface area contributed by atoms with Gasteiger partial charge >= 0.3 is 12.0 Å². The molecule has 114 valence electrons. The maximum absolute atomic E-state index is 11.8. The number of aliphatic carboxylic acids is 1. The highest BCUT2D eigenvalue weighted by atomic mass is 16.4. The third-order valence-corrected chi connectivity index (χ3v) is 4.35. The van der Waals surface area contributed by atoms with E-state index < -0.39 is 11.5 Å². The number of hydrogen-bond acceptors (Lipinski definition) is 3. The van der Waals surface area contributed by atoms with Crippen LogP contribution in [0.15, 0.2) is 0 Å². The largest absolute Gasteiger partial charge is 0.480 e. The predicted octanol–water partition coefficient (Wildman–Crippen LogP) is 1.02. The van der Waals surface area contributed by atoms with Crippen molar-refractivity contribution in [3.05, 3.63) is 0 Å². The maximum atomic E-state index is 11.8. The zero-order chi connectivity index (χ0) is 14.6. The number of carbonyl (C=O) groups excluding carboxylic acids is 1. The molecule has 20 heavy (non-hydrogen) atoms. The number of nitrogens with one attached hydrogen (secondary N) is 2. The molecule has 6 heteroatoms. The molecule has 1 aliphatic heterocycles. The van der Waals surface area contributed by atoms with Crippen LogP contribution in [-0.2, 0) is 4.79 Å². The molecule has 0 spiro atoms. The number of rotatable bonds is 6. The summed E-state index contributed by atoms with van der Waals surface area (Å²) in [5.74, 6) is -0.551. The summed E-state index contributed by atoms with van der Waals surface area (Å²) in [4.78, 5) is 25.4. The van der Waals surface area contributed by atoms with Crippen molar-refractivity contribution < 1.29 is 14.7 Å². The lowest BCUT2D eigenvalue weighted by molar-refractivity contribution is -0.148.